The van der Waals surface area contributed by atoms with Crippen LogP contribution in [0.5, 0.6) is 0 Å². The number of piperidine rings is 1. The molecule has 2 unspecified atom stereocenters. The molecule has 2 fully saturated rings. The maximum absolute atomic E-state index is 12.2. The number of para-hydroxylation sites is 1. The van der Waals surface area contributed by atoms with Gasteiger partial charge in [0.15, 0.2) is 0 Å². The maximum Gasteiger partial charge on any atom is 0.237 e. The molecule has 0 aliphatic carbocycles. The molecular formula is C20H29ClN6O. The first-order chi connectivity index (χ1) is 13.3. The molecule has 0 spiro atoms. The molecule has 0 saturated carbocycles. The number of nitrogens with one attached hydrogen (secondary N) is 2. The highest BCUT2D eigenvalue weighted by Gasteiger charge is 2.25. The molecule has 0 bridgehead atoms. The van der Waals surface area contributed by atoms with Gasteiger partial charge < -0.3 is 10.6 Å². The smallest absolute Gasteiger partial charge is 0.237 e. The predicted octanol–water partition coefficient (Wildman–Crippen LogP) is 1.77. The normalized spacial score (nSPS) is 22.6. The summed E-state index contributed by atoms with van der Waals surface area (Å²) in [5, 5.41) is 15.0. The fourth-order valence-corrected chi connectivity index (χ4v) is 4.04. The van der Waals surface area contributed by atoms with E-state index >= 15 is 0 Å². The van der Waals surface area contributed by atoms with E-state index in [9.17, 15) is 4.79 Å². The van der Waals surface area contributed by atoms with Crippen LogP contribution in [0, 0.1) is 5.92 Å². The van der Waals surface area contributed by atoms with Gasteiger partial charge in [0.25, 0.3) is 0 Å². The molecule has 1 aromatic carbocycles. The van der Waals surface area contributed by atoms with Crippen LogP contribution < -0.4 is 10.6 Å². The van der Waals surface area contributed by atoms with Crippen LogP contribution in [0.25, 0.3) is 5.69 Å². The van der Waals surface area contributed by atoms with Crippen LogP contribution in [0.4, 0.5) is 0 Å². The summed E-state index contributed by atoms with van der Waals surface area (Å²) >= 11 is 0. The molecule has 2 N–H and O–H groups in total. The lowest BCUT2D eigenvalue weighted by Gasteiger charge is -2.32. The number of aromatic nitrogens is 3. The second-order valence-corrected chi connectivity index (χ2v) is 7.63. The number of likely N-dealkylation sites (tertiary alicyclic amines) is 1. The van der Waals surface area contributed by atoms with E-state index in [1.54, 1.807) is 0 Å². The summed E-state index contributed by atoms with van der Waals surface area (Å²) in [4.78, 5) is 14.6. The zero-order valence-electron chi connectivity index (χ0n) is 16.1. The van der Waals surface area contributed by atoms with E-state index in [1.807, 2.05) is 41.2 Å². The van der Waals surface area contributed by atoms with Crippen molar-refractivity contribution in [1.82, 2.24) is 30.5 Å². The number of carbonyl (C=O) groups excluding carboxylic acids is 1. The van der Waals surface area contributed by atoms with Crippen LogP contribution >= 0.6 is 12.4 Å². The topological polar surface area (TPSA) is 75.1 Å². The highest BCUT2D eigenvalue weighted by Crippen LogP contribution is 2.18. The Morgan fingerprint density at radius 2 is 2.07 bits per heavy atom. The van der Waals surface area contributed by atoms with Crippen molar-refractivity contribution in [3.63, 3.8) is 0 Å². The summed E-state index contributed by atoms with van der Waals surface area (Å²) in [7, 11) is 0. The van der Waals surface area contributed by atoms with Crippen molar-refractivity contribution in [2.45, 2.75) is 38.3 Å². The molecule has 4 rings (SSSR count). The average Bonchev–Trinajstić information content (AvgIpc) is 3.39. The van der Waals surface area contributed by atoms with Gasteiger partial charge in [0, 0.05) is 19.6 Å². The minimum absolute atomic E-state index is 0. The summed E-state index contributed by atoms with van der Waals surface area (Å²) < 4.78 is 1.82. The highest BCUT2D eigenvalue weighted by molar-refractivity contribution is 5.85. The Morgan fingerprint density at radius 3 is 2.86 bits per heavy atom. The fourth-order valence-electron chi connectivity index (χ4n) is 4.04. The van der Waals surface area contributed by atoms with Crippen molar-refractivity contribution >= 4 is 18.3 Å². The molecule has 2 atom stereocenters. The van der Waals surface area contributed by atoms with Crippen molar-refractivity contribution in [3.8, 4) is 5.69 Å². The lowest BCUT2D eigenvalue weighted by atomic mass is 9.97. The zero-order valence-corrected chi connectivity index (χ0v) is 16.9. The minimum Gasteiger partial charge on any atom is -0.354 e. The van der Waals surface area contributed by atoms with Crippen LogP contribution in [0.15, 0.2) is 36.5 Å². The summed E-state index contributed by atoms with van der Waals surface area (Å²) in [6, 6.07) is 10.1. The van der Waals surface area contributed by atoms with E-state index in [2.05, 4.69) is 25.8 Å². The van der Waals surface area contributed by atoms with E-state index in [0.29, 0.717) is 5.92 Å². The summed E-state index contributed by atoms with van der Waals surface area (Å²) in [6.45, 7) is 4.61. The SMILES string of the molecule is Cl.O=C(NCC1CCCN(Cc2cn(-c3ccccc3)nn2)C1)C1CCCN1. The number of hydrogen-bond donors (Lipinski definition) is 2. The maximum atomic E-state index is 12.2. The molecule has 0 radical (unpaired) electrons. The monoisotopic (exact) mass is 404 g/mol. The largest absolute Gasteiger partial charge is 0.354 e. The molecular weight excluding hydrogens is 376 g/mol. The van der Waals surface area contributed by atoms with Crippen molar-refractivity contribution in [2.24, 2.45) is 5.92 Å². The quantitative estimate of drug-likeness (QED) is 0.767. The van der Waals surface area contributed by atoms with Crippen LogP contribution in [0.3, 0.4) is 0 Å². The standard InChI is InChI=1S/C20H28N6O.ClH/c27-20(19-9-4-10-21-19)22-12-16-6-5-11-25(13-16)14-17-15-26(24-23-17)18-7-2-1-3-8-18;/h1-3,7-8,15-16,19,21H,4-6,9-14H2,(H,22,27);1H. The molecule has 3 heterocycles. The Kier molecular flexibility index (Phi) is 7.42. The van der Waals surface area contributed by atoms with Gasteiger partial charge in [-0.3, -0.25) is 9.69 Å². The Bertz CT molecular complexity index is 746. The molecule has 28 heavy (non-hydrogen) atoms. The second kappa shape index (κ2) is 10.0. The molecule has 2 aliphatic heterocycles. The first-order valence-electron chi connectivity index (χ1n) is 9.98. The molecule has 8 heteroatoms. The van der Waals surface area contributed by atoms with Gasteiger partial charge in [-0.1, -0.05) is 23.4 Å². The van der Waals surface area contributed by atoms with E-state index in [1.165, 1.54) is 6.42 Å². The van der Waals surface area contributed by atoms with Crippen molar-refractivity contribution in [2.75, 3.05) is 26.2 Å². The fraction of sp³-hybridized carbons (Fsp3) is 0.550. The van der Waals surface area contributed by atoms with E-state index in [4.69, 9.17) is 0 Å². The third kappa shape index (κ3) is 5.31. The molecule has 2 saturated heterocycles. The lowest BCUT2D eigenvalue weighted by molar-refractivity contribution is -0.123. The Labute approximate surface area is 172 Å². The number of nitrogens with zero attached hydrogens (tertiary/aromatic N) is 4. The zero-order chi connectivity index (χ0) is 18.5. The molecule has 1 aromatic heterocycles. The summed E-state index contributed by atoms with van der Waals surface area (Å²) in [6.07, 6.45) is 6.39. The number of amides is 1. The third-order valence-electron chi connectivity index (χ3n) is 5.49. The molecule has 1 amide bonds. The van der Waals surface area contributed by atoms with Crippen molar-refractivity contribution in [1.29, 1.82) is 0 Å². The molecule has 152 valence electrons. The van der Waals surface area contributed by atoms with Gasteiger partial charge >= 0.3 is 0 Å². The molecule has 2 aliphatic rings. The van der Waals surface area contributed by atoms with Crippen molar-refractivity contribution < 1.29 is 4.79 Å². The summed E-state index contributed by atoms with van der Waals surface area (Å²) in [5.41, 5.74) is 2.01. The van der Waals surface area contributed by atoms with Gasteiger partial charge in [0.2, 0.25) is 5.91 Å². The van der Waals surface area contributed by atoms with Crippen LogP contribution in [0.2, 0.25) is 0 Å². The minimum atomic E-state index is 0. The van der Waals surface area contributed by atoms with Gasteiger partial charge in [0.05, 0.1) is 23.6 Å². The molecule has 7 nitrogen and oxygen atoms in total. The Morgan fingerprint density at radius 1 is 1.21 bits per heavy atom. The lowest BCUT2D eigenvalue weighted by Crippen LogP contribution is -2.45. The predicted molar refractivity (Wildman–Crippen MR) is 111 cm³/mol. The third-order valence-corrected chi connectivity index (χ3v) is 5.49. The summed E-state index contributed by atoms with van der Waals surface area (Å²) in [5.74, 6) is 0.670. The van der Waals surface area contributed by atoms with Gasteiger partial charge in [-0.25, -0.2) is 4.68 Å². The van der Waals surface area contributed by atoms with Crippen LogP contribution in [0.1, 0.15) is 31.4 Å². The number of hydrogen-bond acceptors (Lipinski definition) is 5. The van der Waals surface area contributed by atoms with Gasteiger partial charge in [-0.15, -0.1) is 17.5 Å². The van der Waals surface area contributed by atoms with Gasteiger partial charge in [-0.2, -0.15) is 0 Å². The van der Waals surface area contributed by atoms with Gasteiger partial charge in [-0.05, 0) is 56.8 Å². The van der Waals surface area contributed by atoms with Crippen molar-refractivity contribution in [3.05, 3.63) is 42.2 Å². The van der Waals surface area contributed by atoms with Gasteiger partial charge in [0.1, 0.15) is 0 Å². The van der Waals surface area contributed by atoms with E-state index in [-0.39, 0.29) is 24.4 Å². The Balaban J connectivity index is 0.00000225. The molecule has 2 aromatic rings. The number of rotatable bonds is 6. The number of carbonyl (C=O) groups is 1. The first kappa shape index (κ1) is 20.8. The van der Waals surface area contributed by atoms with Crippen LogP contribution in [-0.4, -0.2) is 58.0 Å². The van der Waals surface area contributed by atoms with E-state index < -0.39 is 0 Å². The first-order valence-corrected chi connectivity index (χ1v) is 9.98. The van der Waals surface area contributed by atoms with Crippen LogP contribution in [-0.2, 0) is 11.3 Å². The average molecular weight is 405 g/mol. The number of halogens is 1. The highest BCUT2D eigenvalue weighted by atomic mass is 35.5. The number of benzene rings is 1. The Hall–Kier alpha value is -1.96. The second-order valence-electron chi connectivity index (χ2n) is 7.63. The van der Waals surface area contributed by atoms with E-state index in [0.717, 1.165) is 63.4 Å².